The molecule has 5 nitrogen and oxygen atoms in total. The SMILES string of the molecule is O=C(c1cccc(OCc2ccc(F)cc2)c1)N1CCOCC(Cc2cccc3ccncc23)C1. The van der Waals surface area contributed by atoms with Crippen LogP contribution in [0.3, 0.4) is 0 Å². The van der Waals surface area contributed by atoms with Crippen molar-refractivity contribution in [1.82, 2.24) is 9.88 Å². The average Bonchev–Trinajstić information content (AvgIpc) is 3.14. The molecule has 1 fully saturated rings. The van der Waals surface area contributed by atoms with Gasteiger partial charge in [0, 0.05) is 42.4 Å². The van der Waals surface area contributed by atoms with Gasteiger partial charge in [0.25, 0.3) is 5.91 Å². The van der Waals surface area contributed by atoms with Gasteiger partial charge in [-0.05, 0) is 59.3 Å². The van der Waals surface area contributed by atoms with E-state index in [0.29, 0.717) is 44.2 Å². The highest BCUT2D eigenvalue weighted by atomic mass is 19.1. The number of amides is 1. The molecule has 2 heterocycles. The number of hydrogen-bond donors (Lipinski definition) is 0. The van der Waals surface area contributed by atoms with E-state index in [1.165, 1.54) is 17.7 Å². The van der Waals surface area contributed by atoms with Gasteiger partial charge in [0.15, 0.2) is 0 Å². The number of aromatic nitrogens is 1. The molecule has 0 radical (unpaired) electrons. The summed E-state index contributed by atoms with van der Waals surface area (Å²) in [5.41, 5.74) is 2.66. The maximum Gasteiger partial charge on any atom is 0.254 e. The molecule has 6 heteroatoms. The van der Waals surface area contributed by atoms with Crippen LogP contribution in [-0.2, 0) is 17.8 Å². The van der Waals surface area contributed by atoms with E-state index in [0.717, 1.165) is 22.8 Å². The van der Waals surface area contributed by atoms with Crippen molar-refractivity contribution in [3.63, 3.8) is 0 Å². The number of fused-ring (bicyclic) bond motifs is 1. The van der Waals surface area contributed by atoms with Crippen LogP contribution in [0.25, 0.3) is 10.8 Å². The first-order valence-corrected chi connectivity index (χ1v) is 11.8. The summed E-state index contributed by atoms with van der Waals surface area (Å²) in [4.78, 5) is 19.6. The topological polar surface area (TPSA) is 51.7 Å². The number of pyridine rings is 1. The molecule has 0 aliphatic carbocycles. The van der Waals surface area contributed by atoms with E-state index in [9.17, 15) is 9.18 Å². The smallest absolute Gasteiger partial charge is 0.254 e. The minimum absolute atomic E-state index is 0.0349. The van der Waals surface area contributed by atoms with Crippen molar-refractivity contribution in [2.75, 3.05) is 26.3 Å². The van der Waals surface area contributed by atoms with E-state index in [-0.39, 0.29) is 17.6 Å². The zero-order valence-corrected chi connectivity index (χ0v) is 19.4. The number of carbonyl (C=O) groups excluding carboxylic acids is 1. The molecule has 1 atom stereocenters. The van der Waals surface area contributed by atoms with Crippen molar-refractivity contribution in [3.8, 4) is 5.75 Å². The van der Waals surface area contributed by atoms with Gasteiger partial charge >= 0.3 is 0 Å². The summed E-state index contributed by atoms with van der Waals surface area (Å²) in [5, 5.41) is 2.31. The summed E-state index contributed by atoms with van der Waals surface area (Å²) in [6.07, 6.45) is 4.52. The molecular formula is C29H27FN2O3. The Bertz CT molecular complexity index is 1300. The van der Waals surface area contributed by atoms with Gasteiger partial charge in [-0.2, -0.15) is 0 Å². The Hall–Kier alpha value is -3.77. The van der Waals surface area contributed by atoms with E-state index in [2.05, 4.69) is 23.2 Å². The molecule has 0 N–H and O–H groups in total. The number of ether oxygens (including phenoxy) is 2. The van der Waals surface area contributed by atoms with Crippen molar-refractivity contribution in [2.45, 2.75) is 13.0 Å². The number of carbonyl (C=O) groups is 1. The molecule has 1 aliphatic rings. The van der Waals surface area contributed by atoms with Crippen LogP contribution >= 0.6 is 0 Å². The molecule has 0 bridgehead atoms. The first-order valence-electron chi connectivity index (χ1n) is 11.8. The fourth-order valence-corrected chi connectivity index (χ4v) is 4.50. The van der Waals surface area contributed by atoms with E-state index >= 15 is 0 Å². The highest BCUT2D eigenvalue weighted by molar-refractivity contribution is 5.94. The summed E-state index contributed by atoms with van der Waals surface area (Å²) in [6, 6.07) is 21.7. The predicted octanol–water partition coefficient (Wildman–Crippen LogP) is 5.28. The number of nitrogens with zero attached hydrogens (tertiary/aromatic N) is 2. The van der Waals surface area contributed by atoms with Crippen LogP contribution in [0.15, 0.2) is 85.2 Å². The lowest BCUT2D eigenvalue weighted by atomic mass is 9.95. The Morgan fingerprint density at radius 1 is 1.09 bits per heavy atom. The Morgan fingerprint density at radius 2 is 1.94 bits per heavy atom. The lowest BCUT2D eigenvalue weighted by molar-refractivity contribution is 0.0737. The molecule has 1 unspecified atom stereocenters. The van der Waals surface area contributed by atoms with E-state index in [1.807, 2.05) is 35.4 Å². The first-order chi connectivity index (χ1) is 17.2. The van der Waals surface area contributed by atoms with Crippen LogP contribution in [0.2, 0.25) is 0 Å². The monoisotopic (exact) mass is 470 g/mol. The van der Waals surface area contributed by atoms with Gasteiger partial charge in [-0.1, -0.05) is 36.4 Å². The van der Waals surface area contributed by atoms with Crippen LogP contribution in [0.4, 0.5) is 4.39 Å². The van der Waals surface area contributed by atoms with Crippen LogP contribution in [0, 0.1) is 11.7 Å². The zero-order valence-electron chi connectivity index (χ0n) is 19.4. The molecule has 35 heavy (non-hydrogen) atoms. The lowest BCUT2D eigenvalue weighted by Crippen LogP contribution is -2.36. The zero-order chi connectivity index (χ0) is 24.0. The van der Waals surface area contributed by atoms with E-state index in [1.54, 1.807) is 24.4 Å². The minimum Gasteiger partial charge on any atom is -0.489 e. The Balaban J connectivity index is 1.27. The third-order valence-corrected chi connectivity index (χ3v) is 6.31. The third kappa shape index (κ3) is 5.66. The quantitative estimate of drug-likeness (QED) is 0.385. The summed E-state index contributed by atoms with van der Waals surface area (Å²) >= 11 is 0. The predicted molar refractivity (Wildman–Crippen MR) is 133 cm³/mol. The van der Waals surface area contributed by atoms with Crippen LogP contribution in [0.5, 0.6) is 5.75 Å². The van der Waals surface area contributed by atoms with Gasteiger partial charge in [0.2, 0.25) is 0 Å². The van der Waals surface area contributed by atoms with Gasteiger partial charge < -0.3 is 14.4 Å². The molecule has 178 valence electrons. The van der Waals surface area contributed by atoms with E-state index in [4.69, 9.17) is 9.47 Å². The number of hydrogen-bond acceptors (Lipinski definition) is 4. The van der Waals surface area contributed by atoms with Gasteiger partial charge in [-0.25, -0.2) is 4.39 Å². The normalized spacial score (nSPS) is 16.1. The molecule has 1 saturated heterocycles. The summed E-state index contributed by atoms with van der Waals surface area (Å²) in [5.74, 6) is 0.474. The fraction of sp³-hybridized carbons (Fsp3) is 0.241. The third-order valence-electron chi connectivity index (χ3n) is 6.31. The second kappa shape index (κ2) is 10.7. The summed E-state index contributed by atoms with van der Waals surface area (Å²) < 4.78 is 24.8. The van der Waals surface area contributed by atoms with Crippen LogP contribution in [0.1, 0.15) is 21.5 Å². The molecule has 1 aliphatic heterocycles. The summed E-state index contributed by atoms with van der Waals surface area (Å²) in [7, 11) is 0. The standard InChI is InChI=1S/C29H27FN2O3/c30-26-9-7-21(8-10-26)20-35-27-6-2-5-25(16-27)29(33)32-13-14-34-19-22(18-32)15-24-4-1-3-23-11-12-31-17-28(23)24/h1-12,16-17,22H,13-15,18-20H2. The Labute approximate surface area is 204 Å². The molecular weight excluding hydrogens is 443 g/mol. The fourth-order valence-electron chi connectivity index (χ4n) is 4.50. The highest BCUT2D eigenvalue weighted by Crippen LogP contribution is 2.23. The van der Waals surface area contributed by atoms with E-state index < -0.39 is 0 Å². The van der Waals surface area contributed by atoms with Gasteiger partial charge in [0.05, 0.1) is 13.2 Å². The number of rotatable bonds is 6. The summed E-state index contributed by atoms with van der Waals surface area (Å²) in [6.45, 7) is 2.60. The number of benzene rings is 3. The maximum absolute atomic E-state index is 13.4. The number of halogens is 1. The van der Waals surface area contributed by atoms with Crippen LogP contribution in [-0.4, -0.2) is 42.1 Å². The second-order valence-electron chi connectivity index (χ2n) is 8.85. The van der Waals surface area contributed by atoms with Crippen molar-refractivity contribution in [1.29, 1.82) is 0 Å². The second-order valence-corrected chi connectivity index (χ2v) is 8.85. The Morgan fingerprint density at radius 3 is 2.83 bits per heavy atom. The molecule has 4 aromatic rings. The van der Waals surface area contributed by atoms with Gasteiger partial charge in [0.1, 0.15) is 18.2 Å². The van der Waals surface area contributed by atoms with Crippen LogP contribution < -0.4 is 4.74 Å². The average molecular weight is 471 g/mol. The van der Waals surface area contributed by atoms with Gasteiger partial charge in [-0.3, -0.25) is 9.78 Å². The Kier molecular flexibility index (Phi) is 7.00. The minimum atomic E-state index is -0.279. The molecule has 1 amide bonds. The molecule has 1 aromatic heterocycles. The molecule has 5 rings (SSSR count). The first kappa shape index (κ1) is 23.0. The largest absolute Gasteiger partial charge is 0.489 e. The molecule has 0 spiro atoms. The lowest BCUT2D eigenvalue weighted by Gasteiger charge is -2.24. The molecule has 0 saturated carbocycles. The maximum atomic E-state index is 13.4. The van der Waals surface area contributed by atoms with Crippen molar-refractivity contribution >= 4 is 16.7 Å². The van der Waals surface area contributed by atoms with Crippen molar-refractivity contribution in [3.05, 3.63) is 108 Å². The van der Waals surface area contributed by atoms with Gasteiger partial charge in [-0.15, -0.1) is 0 Å². The van der Waals surface area contributed by atoms with Crippen molar-refractivity contribution in [2.24, 2.45) is 5.92 Å². The molecule has 3 aromatic carbocycles. The highest BCUT2D eigenvalue weighted by Gasteiger charge is 2.24. The van der Waals surface area contributed by atoms with Crippen molar-refractivity contribution < 1.29 is 18.7 Å².